The molecule has 32 heavy (non-hydrogen) atoms. The van der Waals surface area contributed by atoms with E-state index >= 15 is 0 Å². The number of amides is 1. The number of fused-ring (bicyclic) bond motifs is 1. The first-order valence-corrected chi connectivity index (χ1v) is 11.9. The molecule has 0 radical (unpaired) electrons. The fraction of sp³-hybridized carbons (Fsp3) is 0.481. The van der Waals surface area contributed by atoms with Gasteiger partial charge in [-0.3, -0.25) is 14.7 Å². The van der Waals surface area contributed by atoms with Crippen LogP contribution in [0.3, 0.4) is 0 Å². The molecule has 2 aromatic rings. The number of nitrogens with zero attached hydrogens (tertiary/aromatic N) is 3. The van der Waals surface area contributed by atoms with E-state index in [1.807, 2.05) is 43.0 Å². The van der Waals surface area contributed by atoms with Crippen molar-refractivity contribution < 1.29 is 9.53 Å². The number of aliphatic imine (C=N–C) groups is 1. The van der Waals surface area contributed by atoms with Crippen LogP contribution in [-0.4, -0.2) is 54.7 Å². The molecule has 1 fully saturated rings. The number of carbonyl (C=O) groups is 1. The van der Waals surface area contributed by atoms with Crippen molar-refractivity contribution in [2.45, 2.75) is 53.6 Å². The third-order valence-electron chi connectivity index (χ3n) is 6.14. The molecule has 0 atom stereocenters. The van der Waals surface area contributed by atoms with Crippen LogP contribution in [0.15, 0.2) is 41.4 Å². The Balaban J connectivity index is 0.00000141. The summed E-state index contributed by atoms with van der Waals surface area (Å²) in [5.74, 6) is 0.909. The minimum Gasteiger partial charge on any atom is -0.497 e. The SMILES string of the molecule is CC.CCN=C(CN1CCCC1)c1cc(C(=O)N2Cc3ccc(OC)cc3C2)ccc1C. The second-order valence-electron chi connectivity index (χ2n) is 8.23. The molecule has 2 aromatic carbocycles. The van der Waals surface area contributed by atoms with E-state index in [2.05, 4.69) is 30.9 Å². The van der Waals surface area contributed by atoms with Gasteiger partial charge in [-0.2, -0.15) is 0 Å². The van der Waals surface area contributed by atoms with Crippen molar-refractivity contribution in [2.24, 2.45) is 4.99 Å². The topological polar surface area (TPSA) is 45.1 Å². The van der Waals surface area contributed by atoms with Gasteiger partial charge in [0, 0.05) is 37.3 Å². The van der Waals surface area contributed by atoms with Crippen molar-refractivity contribution in [3.8, 4) is 5.75 Å². The first kappa shape index (κ1) is 24.0. The molecule has 1 saturated heterocycles. The first-order valence-electron chi connectivity index (χ1n) is 11.9. The lowest BCUT2D eigenvalue weighted by Crippen LogP contribution is -2.29. The van der Waals surface area contributed by atoms with Crippen molar-refractivity contribution in [3.63, 3.8) is 0 Å². The van der Waals surface area contributed by atoms with E-state index in [4.69, 9.17) is 9.73 Å². The van der Waals surface area contributed by atoms with E-state index in [9.17, 15) is 4.79 Å². The van der Waals surface area contributed by atoms with Crippen LogP contribution in [0.1, 0.15) is 66.2 Å². The van der Waals surface area contributed by atoms with Crippen LogP contribution in [-0.2, 0) is 13.1 Å². The Morgan fingerprint density at radius 1 is 1.03 bits per heavy atom. The molecule has 4 rings (SSSR count). The molecular formula is C27H37N3O2. The van der Waals surface area contributed by atoms with Gasteiger partial charge in [-0.25, -0.2) is 0 Å². The van der Waals surface area contributed by atoms with Gasteiger partial charge >= 0.3 is 0 Å². The normalized spacial score (nSPS) is 15.9. The maximum absolute atomic E-state index is 13.3. The molecule has 1 amide bonds. The fourth-order valence-corrected chi connectivity index (χ4v) is 4.45. The Morgan fingerprint density at radius 3 is 2.44 bits per heavy atom. The molecule has 0 aromatic heterocycles. The van der Waals surface area contributed by atoms with Crippen LogP contribution in [0.2, 0.25) is 0 Å². The van der Waals surface area contributed by atoms with Gasteiger partial charge in [0.05, 0.1) is 12.8 Å². The molecular weight excluding hydrogens is 398 g/mol. The summed E-state index contributed by atoms with van der Waals surface area (Å²) >= 11 is 0. The van der Waals surface area contributed by atoms with E-state index in [1.165, 1.54) is 24.0 Å². The number of benzene rings is 2. The lowest BCUT2D eigenvalue weighted by atomic mass is 9.99. The van der Waals surface area contributed by atoms with Gasteiger partial charge in [0.25, 0.3) is 5.91 Å². The molecule has 2 heterocycles. The van der Waals surface area contributed by atoms with Gasteiger partial charge in [-0.15, -0.1) is 0 Å². The quantitative estimate of drug-likeness (QED) is 0.594. The van der Waals surface area contributed by atoms with Crippen molar-refractivity contribution in [1.82, 2.24) is 9.80 Å². The summed E-state index contributed by atoms with van der Waals surface area (Å²) in [6, 6.07) is 12.1. The second-order valence-corrected chi connectivity index (χ2v) is 8.23. The number of likely N-dealkylation sites (tertiary alicyclic amines) is 1. The number of hydrogen-bond donors (Lipinski definition) is 0. The molecule has 0 bridgehead atoms. The largest absolute Gasteiger partial charge is 0.497 e. The summed E-state index contributed by atoms with van der Waals surface area (Å²) in [5, 5.41) is 0. The summed E-state index contributed by atoms with van der Waals surface area (Å²) in [6.45, 7) is 13.3. The van der Waals surface area contributed by atoms with Crippen molar-refractivity contribution in [3.05, 3.63) is 64.2 Å². The van der Waals surface area contributed by atoms with E-state index in [1.54, 1.807) is 7.11 Å². The zero-order valence-electron chi connectivity index (χ0n) is 20.3. The molecule has 5 heteroatoms. The summed E-state index contributed by atoms with van der Waals surface area (Å²) < 4.78 is 5.33. The van der Waals surface area contributed by atoms with Crippen molar-refractivity contribution in [1.29, 1.82) is 0 Å². The number of carbonyl (C=O) groups excluding carboxylic acids is 1. The number of ether oxygens (including phenoxy) is 1. The number of rotatable bonds is 6. The van der Waals surface area contributed by atoms with Crippen LogP contribution < -0.4 is 4.74 Å². The Morgan fingerprint density at radius 2 is 1.75 bits per heavy atom. The Kier molecular flexibility index (Phi) is 8.46. The lowest BCUT2D eigenvalue weighted by Gasteiger charge is -2.20. The molecule has 5 nitrogen and oxygen atoms in total. The van der Waals surface area contributed by atoms with Crippen LogP contribution >= 0.6 is 0 Å². The number of hydrogen-bond acceptors (Lipinski definition) is 4. The minimum absolute atomic E-state index is 0.0726. The lowest BCUT2D eigenvalue weighted by molar-refractivity contribution is 0.0751. The Labute approximate surface area is 193 Å². The van der Waals surface area contributed by atoms with E-state index in [0.29, 0.717) is 13.1 Å². The molecule has 172 valence electrons. The molecule has 2 aliphatic rings. The smallest absolute Gasteiger partial charge is 0.254 e. The summed E-state index contributed by atoms with van der Waals surface area (Å²) in [6.07, 6.45) is 2.52. The van der Waals surface area contributed by atoms with Gasteiger partial charge in [0.15, 0.2) is 0 Å². The van der Waals surface area contributed by atoms with E-state index in [-0.39, 0.29) is 5.91 Å². The maximum atomic E-state index is 13.3. The molecule has 0 unspecified atom stereocenters. The molecule has 0 N–H and O–H groups in total. The van der Waals surface area contributed by atoms with Crippen molar-refractivity contribution >= 4 is 11.6 Å². The molecule has 0 spiro atoms. The van der Waals surface area contributed by atoms with Gasteiger partial charge in [-0.1, -0.05) is 26.0 Å². The second kappa shape index (κ2) is 11.3. The van der Waals surface area contributed by atoms with Crippen molar-refractivity contribution in [2.75, 3.05) is 33.3 Å². The van der Waals surface area contributed by atoms with Gasteiger partial charge in [0.1, 0.15) is 5.75 Å². The standard InChI is InChI=1S/C25H31N3O2.C2H6/c1-4-26-24(17-27-11-5-6-12-27)23-14-19(8-7-18(23)2)25(29)28-15-20-9-10-22(30-3)13-21(20)16-28;1-2/h7-10,13-14H,4-6,11-12,15-17H2,1-3H3;1-2H3. The van der Waals surface area contributed by atoms with E-state index in [0.717, 1.165) is 54.3 Å². The van der Waals surface area contributed by atoms with Crippen LogP contribution in [0, 0.1) is 6.92 Å². The highest BCUT2D eigenvalue weighted by atomic mass is 16.5. The van der Waals surface area contributed by atoms with Crippen LogP contribution in [0.25, 0.3) is 0 Å². The van der Waals surface area contributed by atoms with E-state index < -0.39 is 0 Å². The van der Waals surface area contributed by atoms with Crippen LogP contribution in [0.5, 0.6) is 5.75 Å². The highest BCUT2D eigenvalue weighted by Gasteiger charge is 2.25. The average Bonchev–Trinajstić information content (AvgIpc) is 3.49. The molecule has 0 saturated carbocycles. The third-order valence-corrected chi connectivity index (χ3v) is 6.14. The first-order chi connectivity index (χ1) is 15.6. The Bertz CT molecular complexity index is 961. The highest BCUT2D eigenvalue weighted by molar-refractivity contribution is 6.05. The number of aryl methyl sites for hydroxylation is 1. The zero-order valence-corrected chi connectivity index (χ0v) is 20.3. The average molecular weight is 436 g/mol. The van der Waals surface area contributed by atoms with Crippen LogP contribution in [0.4, 0.5) is 0 Å². The fourth-order valence-electron chi connectivity index (χ4n) is 4.45. The molecule has 0 aliphatic carbocycles. The van der Waals surface area contributed by atoms with Gasteiger partial charge in [-0.05, 0) is 80.7 Å². The number of methoxy groups -OCH3 is 1. The Hall–Kier alpha value is -2.66. The summed E-state index contributed by atoms with van der Waals surface area (Å²) in [5.41, 5.74) is 6.47. The minimum atomic E-state index is 0.0726. The highest BCUT2D eigenvalue weighted by Crippen LogP contribution is 2.28. The monoisotopic (exact) mass is 435 g/mol. The molecule has 2 aliphatic heterocycles. The predicted octanol–water partition coefficient (Wildman–Crippen LogP) is 5.09. The van der Waals surface area contributed by atoms with Gasteiger partial charge in [0.2, 0.25) is 0 Å². The zero-order chi connectivity index (χ0) is 23.1. The maximum Gasteiger partial charge on any atom is 0.254 e. The summed E-state index contributed by atoms with van der Waals surface area (Å²) in [4.78, 5) is 22.5. The summed E-state index contributed by atoms with van der Waals surface area (Å²) in [7, 11) is 1.67. The van der Waals surface area contributed by atoms with Gasteiger partial charge < -0.3 is 9.64 Å². The third kappa shape index (κ3) is 5.39. The predicted molar refractivity (Wildman–Crippen MR) is 132 cm³/mol.